The van der Waals surface area contributed by atoms with Crippen molar-refractivity contribution in [1.82, 2.24) is 5.32 Å². The molecule has 1 N–H and O–H groups in total. The Kier molecular flexibility index (Phi) is 3.65. The van der Waals surface area contributed by atoms with Crippen molar-refractivity contribution in [1.29, 1.82) is 0 Å². The molecule has 1 amide bonds. The number of amides is 1. The van der Waals surface area contributed by atoms with Crippen LogP contribution < -0.4 is 5.32 Å². The third-order valence-corrected chi connectivity index (χ3v) is 3.97. The molecule has 3 nitrogen and oxygen atoms in total. The Bertz CT molecular complexity index is 784. The summed E-state index contributed by atoms with van der Waals surface area (Å²) < 4.78 is 5.72. The van der Waals surface area contributed by atoms with Crippen molar-refractivity contribution in [3.8, 4) is 0 Å². The molecule has 0 aliphatic carbocycles. The highest BCUT2D eigenvalue weighted by molar-refractivity contribution is 6.08. The monoisotopic (exact) mass is 281 g/mol. The fraction of sp³-hybridized carbons (Fsp3) is 0.278. The highest BCUT2D eigenvalue weighted by Gasteiger charge is 2.16. The highest BCUT2D eigenvalue weighted by Crippen LogP contribution is 2.28. The molecular weight excluding hydrogens is 262 g/mol. The van der Waals surface area contributed by atoms with Crippen LogP contribution in [0.5, 0.6) is 0 Å². The number of nitrogens with one attached hydrogen (secondary N) is 1. The summed E-state index contributed by atoms with van der Waals surface area (Å²) in [5, 5.41) is 6.26. The minimum absolute atomic E-state index is 0.135. The number of fused-ring (bicyclic) bond motifs is 3. The molecule has 108 valence electrons. The van der Waals surface area contributed by atoms with E-state index in [0.29, 0.717) is 5.76 Å². The largest absolute Gasteiger partial charge is 0.451 e. The highest BCUT2D eigenvalue weighted by atomic mass is 16.3. The first-order valence-electron chi connectivity index (χ1n) is 7.45. The molecule has 0 bridgehead atoms. The zero-order chi connectivity index (χ0) is 14.8. The van der Waals surface area contributed by atoms with Crippen LogP contribution in [0.4, 0.5) is 0 Å². The standard InChI is InChI=1S/C18H19NO2/c1-3-13(4-2)19-18(20)17-11-15-14-8-6-5-7-12(14)9-10-16(15)21-17/h5-11,13H,3-4H2,1-2H3,(H,19,20). The maximum atomic E-state index is 12.3. The number of hydrogen-bond donors (Lipinski definition) is 1. The molecule has 3 heteroatoms. The molecule has 3 aromatic rings. The van der Waals surface area contributed by atoms with Crippen LogP contribution in [-0.2, 0) is 0 Å². The Labute approximate surface area is 123 Å². The van der Waals surface area contributed by atoms with Crippen molar-refractivity contribution < 1.29 is 9.21 Å². The van der Waals surface area contributed by atoms with Crippen molar-refractivity contribution in [2.24, 2.45) is 0 Å². The van der Waals surface area contributed by atoms with Gasteiger partial charge in [-0.3, -0.25) is 4.79 Å². The number of carbonyl (C=O) groups is 1. The summed E-state index contributed by atoms with van der Waals surface area (Å²) in [5.41, 5.74) is 0.753. The van der Waals surface area contributed by atoms with E-state index >= 15 is 0 Å². The lowest BCUT2D eigenvalue weighted by Crippen LogP contribution is -2.33. The molecule has 0 saturated carbocycles. The summed E-state index contributed by atoms with van der Waals surface area (Å²) in [6.07, 6.45) is 1.84. The molecule has 0 aliphatic rings. The maximum Gasteiger partial charge on any atom is 0.287 e. The Balaban J connectivity index is 2.01. The van der Waals surface area contributed by atoms with Gasteiger partial charge in [-0.2, -0.15) is 0 Å². The summed E-state index contributed by atoms with van der Waals surface area (Å²) in [5.74, 6) is 0.247. The Morgan fingerprint density at radius 1 is 1.10 bits per heavy atom. The zero-order valence-corrected chi connectivity index (χ0v) is 12.3. The van der Waals surface area contributed by atoms with Crippen molar-refractivity contribution in [2.75, 3.05) is 0 Å². The summed E-state index contributed by atoms with van der Waals surface area (Å²) >= 11 is 0. The van der Waals surface area contributed by atoms with Crippen LogP contribution in [-0.4, -0.2) is 11.9 Å². The topological polar surface area (TPSA) is 42.2 Å². The molecule has 3 rings (SSSR count). The van der Waals surface area contributed by atoms with Gasteiger partial charge in [0, 0.05) is 11.4 Å². The van der Waals surface area contributed by atoms with Gasteiger partial charge in [0.05, 0.1) is 0 Å². The zero-order valence-electron chi connectivity index (χ0n) is 12.3. The average Bonchev–Trinajstić information content (AvgIpc) is 2.97. The van der Waals surface area contributed by atoms with Gasteiger partial charge in [-0.15, -0.1) is 0 Å². The van der Waals surface area contributed by atoms with Crippen molar-refractivity contribution in [3.05, 3.63) is 48.2 Å². The summed E-state index contributed by atoms with van der Waals surface area (Å²) in [4.78, 5) is 12.3. The fourth-order valence-corrected chi connectivity index (χ4v) is 2.65. The van der Waals surface area contributed by atoms with E-state index in [0.717, 1.165) is 34.6 Å². The van der Waals surface area contributed by atoms with E-state index in [2.05, 4.69) is 31.3 Å². The molecule has 0 radical (unpaired) electrons. The third kappa shape index (κ3) is 2.51. The smallest absolute Gasteiger partial charge is 0.287 e. The first kappa shape index (κ1) is 13.7. The molecule has 0 aliphatic heterocycles. The molecule has 21 heavy (non-hydrogen) atoms. The molecule has 2 aromatic carbocycles. The number of benzene rings is 2. The molecule has 0 atom stereocenters. The lowest BCUT2D eigenvalue weighted by Gasteiger charge is -2.12. The Hall–Kier alpha value is -2.29. The number of carbonyl (C=O) groups excluding carboxylic acids is 1. The molecular formula is C18H19NO2. The Morgan fingerprint density at radius 2 is 1.86 bits per heavy atom. The van der Waals surface area contributed by atoms with E-state index in [1.807, 2.05) is 30.3 Å². The van der Waals surface area contributed by atoms with E-state index < -0.39 is 0 Å². The van der Waals surface area contributed by atoms with E-state index in [-0.39, 0.29) is 11.9 Å². The molecule has 0 unspecified atom stereocenters. The van der Waals surface area contributed by atoms with Crippen LogP contribution in [0.15, 0.2) is 46.9 Å². The second-order valence-corrected chi connectivity index (χ2v) is 5.30. The predicted molar refractivity (Wildman–Crippen MR) is 85.6 cm³/mol. The molecule has 1 aromatic heterocycles. The summed E-state index contributed by atoms with van der Waals surface area (Å²) in [7, 11) is 0. The van der Waals surface area contributed by atoms with Crippen LogP contribution in [0, 0.1) is 0 Å². The predicted octanol–water partition coefficient (Wildman–Crippen LogP) is 4.50. The number of hydrogen-bond acceptors (Lipinski definition) is 2. The second kappa shape index (κ2) is 5.60. The molecule has 1 heterocycles. The lowest BCUT2D eigenvalue weighted by atomic mass is 10.1. The van der Waals surface area contributed by atoms with Gasteiger partial charge in [0.2, 0.25) is 0 Å². The van der Waals surface area contributed by atoms with E-state index in [4.69, 9.17) is 4.42 Å². The lowest BCUT2D eigenvalue weighted by molar-refractivity contribution is 0.0909. The first-order chi connectivity index (χ1) is 10.2. The second-order valence-electron chi connectivity index (χ2n) is 5.30. The van der Waals surface area contributed by atoms with Crippen LogP contribution >= 0.6 is 0 Å². The van der Waals surface area contributed by atoms with Crippen LogP contribution in [0.1, 0.15) is 37.2 Å². The van der Waals surface area contributed by atoms with Crippen molar-refractivity contribution >= 4 is 27.6 Å². The molecule has 0 fully saturated rings. The van der Waals surface area contributed by atoms with Gasteiger partial charge in [0.25, 0.3) is 5.91 Å². The number of furan rings is 1. The van der Waals surface area contributed by atoms with Crippen molar-refractivity contribution in [3.63, 3.8) is 0 Å². The maximum absolute atomic E-state index is 12.3. The minimum Gasteiger partial charge on any atom is -0.451 e. The average molecular weight is 281 g/mol. The third-order valence-electron chi connectivity index (χ3n) is 3.97. The van der Waals surface area contributed by atoms with E-state index in [1.54, 1.807) is 0 Å². The minimum atomic E-state index is -0.135. The van der Waals surface area contributed by atoms with Crippen molar-refractivity contribution in [2.45, 2.75) is 32.7 Å². The normalized spacial score (nSPS) is 11.4. The van der Waals surface area contributed by atoms with Crippen LogP contribution in [0.2, 0.25) is 0 Å². The van der Waals surface area contributed by atoms with E-state index in [9.17, 15) is 4.79 Å². The van der Waals surface area contributed by atoms with Gasteiger partial charge in [0.1, 0.15) is 5.58 Å². The number of rotatable bonds is 4. The fourth-order valence-electron chi connectivity index (χ4n) is 2.65. The quantitative estimate of drug-likeness (QED) is 0.764. The van der Waals surface area contributed by atoms with Crippen LogP contribution in [0.3, 0.4) is 0 Å². The van der Waals surface area contributed by atoms with Gasteiger partial charge in [0.15, 0.2) is 5.76 Å². The summed E-state index contributed by atoms with van der Waals surface area (Å²) in [6.45, 7) is 4.14. The Morgan fingerprint density at radius 3 is 2.62 bits per heavy atom. The van der Waals surface area contributed by atoms with Crippen LogP contribution in [0.25, 0.3) is 21.7 Å². The van der Waals surface area contributed by atoms with Gasteiger partial charge in [-0.1, -0.05) is 44.2 Å². The van der Waals surface area contributed by atoms with Gasteiger partial charge < -0.3 is 9.73 Å². The van der Waals surface area contributed by atoms with Gasteiger partial charge >= 0.3 is 0 Å². The molecule has 0 saturated heterocycles. The summed E-state index contributed by atoms with van der Waals surface area (Å²) in [6, 6.07) is 14.1. The van der Waals surface area contributed by atoms with E-state index in [1.165, 1.54) is 0 Å². The molecule has 0 spiro atoms. The SMILES string of the molecule is CCC(CC)NC(=O)c1cc2c(ccc3ccccc32)o1. The van der Waals surface area contributed by atoms with Gasteiger partial charge in [-0.25, -0.2) is 0 Å². The van der Waals surface area contributed by atoms with Gasteiger partial charge in [-0.05, 0) is 35.7 Å². The first-order valence-corrected chi connectivity index (χ1v) is 7.45.